The Balaban J connectivity index is 1.73. The van der Waals surface area contributed by atoms with E-state index in [9.17, 15) is 4.79 Å². The fraction of sp³-hybridized carbons (Fsp3) is 0.722. The van der Waals surface area contributed by atoms with Crippen molar-refractivity contribution < 1.29 is 4.79 Å². The highest BCUT2D eigenvalue weighted by atomic mass is 16.1. The number of nitrogens with zero attached hydrogens (tertiary/aromatic N) is 3. The van der Waals surface area contributed by atoms with Crippen molar-refractivity contribution in [1.82, 2.24) is 15.3 Å². The summed E-state index contributed by atoms with van der Waals surface area (Å²) >= 11 is 0. The maximum Gasteiger partial charge on any atom is 0.220 e. The van der Waals surface area contributed by atoms with Gasteiger partial charge in [0.1, 0.15) is 18.0 Å². The highest BCUT2D eigenvalue weighted by molar-refractivity contribution is 5.75. The molecule has 0 radical (unpaired) electrons. The largest absolute Gasteiger partial charge is 0.370 e. The van der Waals surface area contributed by atoms with E-state index in [0.29, 0.717) is 18.3 Å². The fourth-order valence-corrected chi connectivity index (χ4v) is 2.99. The maximum absolute atomic E-state index is 11.8. The van der Waals surface area contributed by atoms with Crippen molar-refractivity contribution in [3.05, 3.63) is 12.4 Å². The highest BCUT2D eigenvalue weighted by Crippen LogP contribution is 2.25. The summed E-state index contributed by atoms with van der Waals surface area (Å²) in [6, 6.07) is 2.02. The van der Waals surface area contributed by atoms with Crippen LogP contribution in [0, 0.1) is 11.8 Å². The first-order chi connectivity index (χ1) is 11.6. The fourth-order valence-electron chi connectivity index (χ4n) is 2.99. The molecule has 0 bridgehead atoms. The molecule has 1 aliphatic rings. The third-order valence-corrected chi connectivity index (χ3v) is 4.44. The summed E-state index contributed by atoms with van der Waals surface area (Å²) in [6.45, 7) is 9.93. The molecular weight excluding hydrogens is 302 g/mol. The predicted octanol–water partition coefficient (Wildman–Crippen LogP) is 2.68. The molecule has 1 saturated heterocycles. The normalized spacial score (nSPS) is 15.6. The van der Waals surface area contributed by atoms with E-state index in [2.05, 4.69) is 46.3 Å². The van der Waals surface area contributed by atoms with Gasteiger partial charge in [-0.1, -0.05) is 13.8 Å². The Kier molecular flexibility index (Phi) is 7.28. The first-order valence-corrected chi connectivity index (χ1v) is 9.16. The van der Waals surface area contributed by atoms with Crippen LogP contribution in [0.5, 0.6) is 0 Å². The van der Waals surface area contributed by atoms with Crippen molar-refractivity contribution in [2.24, 2.45) is 11.8 Å². The van der Waals surface area contributed by atoms with Gasteiger partial charge in [-0.25, -0.2) is 9.97 Å². The minimum atomic E-state index is 0.192. The van der Waals surface area contributed by atoms with E-state index < -0.39 is 0 Å². The Morgan fingerprint density at radius 2 is 2.08 bits per heavy atom. The van der Waals surface area contributed by atoms with Gasteiger partial charge in [0.15, 0.2) is 0 Å². The second-order valence-corrected chi connectivity index (χ2v) is 6.96. The lowest BCUT2D eigenvalue weighted by Crippen LogP contribution is -2.35. The molecule has 1 aromatic heterocycles. The van der Waals surface area contributed by atoms with Gasteiger partial charge in [0.25, 0.3) is 0 Å². The van der Waals surface area contributed by atoms with E-state index in [0.717, 1.165) is 57.1 Å². The summed E-state index contributed by atoms with van der Waals surface area (Å²) in [5, 5.41) is 6.23. The van der Waals surface area contributed by atoms with Crippen LogP contribution in [0.3, 0.4) is 0 Å². The molecule has 1 aliphatic heterocycles. The van der Waals surface area contributed by atoms with Crippen molar-refractivity contribution in [1.29, 1.82) is 0 Å². The Morgan fingerprint density at radius 3 is 2.75 bits per heavy atom. The lowest BCUT2D eigenvalue weighted by Gasteiger charge is -2.32. The topological polar surface area (TPSA) is 70.2 Å². The number of nitrogens with one attached hydrogen (secondary N) is 2. The van der Waals surface area contributed by atoms with E-state index >= 15 is 0 Å². The maximum atomic E-state index is 11.8. The predicted molar refractivity (Wildman–Crippen MR) is 98.2 cm³/mol. The van der Waals surface area contributed by atoms with Gasteiger partial charge in [0.2, 0.25) is 5.91 Å². The van der Waals surface area contributed by atoms with Gasteiger partial charge in [-0.2, -0.15) is 0 Å². The summed E-state index contributed by atoms with van der Waals surface area (Å²) in [6.07, 6.45) is 5.51. The van der Waals surface area contributed by atoms with Crippen LogP contribution in [0.15, 0.2) is 12.4 Å². The molecule has 6 heteroatoms. The van der Waals surface area contributed by atoms with Crippen LogP contribution in [-0.4, -0.2) is 42.1 Å². The Hall–Kier alpha value is -1.85. The molecule has 0 spiro atoms. The van der Waals surface area contributed by atoms with Gasteiger partial charge in [-0.3, -0.25) is 4.79 Å². The summed E-state index contributed by atoms with van der Waals surface area (Å²) in [5.74, 6) is 3.22. The SMILES string of the molecule is CCNc1cc(N2CCC(CCC(=O)NCC(C)C)CC2)ncn1. The molecule has 1 aromatic rings. The van der Waals surface area contributed by atoms with Gasteiger partial charge >= 0.3 is 0 Å². The molecule has 24 heavy (non-hydrogen) atoms. The van der Waals surface area contributed by atoms with E-state index in [4.69, 9.17) is 0 Å². The van der Waals surface area contributed by atoms with E-state index in [-0.39, 0.29) is 5.91 Å². The zero-order valence-electron chi connectivity index (χ0n) is 15.2. The number of rotatable bonds is 8. The summed E-state index contributed by atoms with van der Waals surface area (Å²) in [4.78, 5) is 22.8. The van der Waals surface area contributed by atoms with Gasteiger partial charge in [-0.15, -0.1) is 0 Å². The molecule has 6 nitrogen and oxygen atoms in total. The molecular formula is C18H31N5O. The molecule has 2 N–H and O–H groups in total. The number of anilines is 2. The molecule has 0 saturated carbocycles. The van der Waals surface area contributed by atoms with Gasteiger partial charge in [-0.05, 0) is 38.0 Å². The smallest absolute Gasteiger partial charge is 0.220 e. The van der Waals surface area contributed by atoms with Crippen molar-refractivity contribution >= 4 is 17.5 Å². The van der Waals surface area contributed by atoms with Crippen molar-refractivity contribution in [3.8, 4) is 0 Å². The minimum absolute atomic E-state index is 0.192. The van der Waals surface area contributed by atoms with Crippen LogP contribution in [-0.2, 0) is 4.79 Å². The average Bonchev–Trinajstić information content (AvgIpc) is 2.59. The van der Waals surface area contributed by atoms with Gasteiger partial charge in [0.05, 0.1) is 0 Å². The molecule has 0 aromatic carbocycles. The highest BCUT2D eigenvalue weighted by Gasteiger charge is 2.21. The molecule has 0 aliphatic carbocycles. The second-order valence-electron chi connectivity index (χ2n) is 6.96. The lowest BCUT2D eigenvalue weighted by molar-refractivity contribution is -0.121. The van der Waals surface area contributed by atoms with Crippen LogP contribution in [0.4, 0.5) is 11.6 Å². The van der Waals surface area contributed by atoms with Gasteiger partial charge < -0.3 is 15.5 Å². The van der Waals surface area contributed by atoms with Crippen molar-refractivity contribution in [2.45, 2.75) is 46.5 Å². The summed E-state index contributed by atoms with van der Waals surface area (Å²) < 4.78 is 0. The zero-order chi connectivity index (χ0) is 17.4. The van der Waals surface area contributed by atoms with E-state index in [1.54, 1.807) is 6.33 Å². The second kappa shape index (κ2) is 9.45. The Labute approximate surface area is 145 Å². The van der Waals surface area contributed by atoms with E-state index in [1.165, 1.54) is 0 Å². The first kappa shape index (κ1) is 18.5. The molecule has 134 valence electrons. The van der Waals surface area contributed by atoms with Crippen LogP contribution in [0.25, 0.3) is 0 Å². The Bertz CT molecular complexity index is 512. The number of aromatic nitrogens is 2. The monoisotopic (exact) mass is 333 g/mol. The molecule has 1 fully saturated rings. The average molecular weight is 333 g/mol. The molecule has 0 unspecified atom stereocenters. The number of hydrogen-bond acceptors (Lipinski definition) is 5. The third-order valence-electron chi connectivity index (χ3n) is 4.44. The van der Waals surface area contributed by atoms with E-state index in [1.807, 2.05) is 6.07 Å². The Morgan fingerprint density at radius 1 is 1.33 bits per heavy atom. The van der Waals surface area contributed by atoms with Gasteiger partial charge in [0, 0.05) is 38.7 Å². The number of hydrogen-bond donors (Lipinski definition) is 2. The number of carbonyl (C=O) groups excluding carboxylic acids is 1. The summed E-state index contributed by atoms with van der Waals surface area (Å²) in [5.41, 5.74) is 0. The third kappa shape index (κ3) is 5.98. The van der Waals surface area contributed by atoms with Crippen molar-refractivity contribution in [3.63, 3.8) is 0 Å². The van der Waals surface area contributed by atoms with Crippen LogP contribution in [0.1, 0.15) is 46.5 Å². The van der Waals surface area contributed by atoms with Crippen LogP contribution in [0.2, 0.25) is 0 Å². The summed E-state index contributed by atoms with van der Waals surface area (Å²) in [7, 11) is 0. The van der Waals surface area contributed by atoms with Crippen LogP contribution >= 0.6 is 0 Å². The lowest BCUT2D eigenvalue weighted by atomic mass is 9.92. The number of piperidine rings is 1. The first-order valence-electron chi connectivity index (χ1n) is 9.16. The quantitative estimate of drug-likeness (QED) is 0.765. The number of amides is 1. The van der Waals surface area contributed by atoms with Crippen LogP contribution < -0.4 is 15.5 Å². The standard InChI is InChI=1S/C18H31N5O/c1-4-19-16-11-17(22-13-21-16)23-9-7-15(8-10-23)5-6-18(24)20-12-14(2)3/h11,13-15H,4-10,12H2,1-3H3,(H,20,24)(H,19,21,22). The van der Waals surface area contributed by atoms with Crippen molar-refractivity contribution in [2.75, 3.05) is 36.4 Å². The molecule has 0 atom stereocenters. The number of carbonyl (C=O) groups is 1. The zero-order valence-corrected chi connectivity index (χ0v) is 15.2. The molecule has 2 rings (SSSR count). The minimum Gasteiger partial charge on any atom is -0.370 e. The molecule has 2 heterocycles. The molecule has 1 amide bonds.